The smallest absolute Gasteiger partial charge is 0.255 e. The summed E-state index contributed by atoms with van der Waals surface area (Å²) in [7, 11) is 1.75. The Bertz CT molecular complexity index is 628. The van der Waals surface area contributed by atoms with Gasteiger partial charge in [-0.15, -0.1) is 0 Å². The van der Waals surface area contributed by atoms with Crippen LogP contribution in [0.25, 0.3) is 0 Å². The second kappa shape index (κ2) is 6.25. The van der Waals surface area contributed by atoms with E-state index in [1.807, 2.05) is 24.3 Å². The van der Waals surface area contributed by atoms with Crippen molar-refractivity contribution >= 4 is 23.1 Å². The number of pyridine rings is 1. The third-order valence-electron chi connectivity index (χ3n) is 2.89. The van der Waals surface area contributed by atoms with Crippen LogP contribution in [0.5, 0.6) is 0 Å². The summed E-state index contributed by atoms with van der Waals surface area (Å²) in [5, 5.41) is 0. The Morgan fingerprint density at radius 3 is 2.70 bits per heavy atom. The molecule has 1 aromatic heterocycles. The molecular weight excluding hydrogens is 270 g/mol. The fraction of sp³-hybridized carbons (Fsp3) is 0.133. The highest BCUT2D eigenvalue weighted by Gasteiger charge is 2.12. The fourth-order valence-electron chi connectivity index (χ4n) is 1.88. The van der Waals surface area contributed by atoms with Crippen molar-refractivity contribution in [1.29, 1.82) is 0 Å². The second-order valence-electron chi connectivity index (χ2n) is 4.47. The van der Waals surface area contributed by atoms with E-state index in [2.05, 4.69) is 4.98 Å². The van der Waals surface area contributed by atoms with Gasteiger partial charge >= 0.3 is 0 Å². The van der Waals surface area contributed by atoms with Crippen molar-refractivity contribution in [2.45, 2.75) is 6.54 Å². The van der Waals surface area contributed by atoms with Crippen molar-refractivity contribution in [1.82, 2.24) is 9.88 Å². The molecule has 4 nitrogen and oxygen atoms in total. The zero-order chi connectivity index (χ0) is 14.5. The van der Waals surface area contributed by atoms with E-state index < -0.39 is 0 Å². The lowest BCUT2D eigenvalue weighted by Gasteiger charge is -2.17. The molecule has 0 spiro atoms. The number of hydrogen-bond acceptors (Lipinski definition) is 3. The first-order valence-electron chi connectivity index (χ1n) is 6.12. The van der Waals surface area contributed by atoms with E-state index in [4.69, 9.17) is 18.0 Å². The Hall–Kier alpha value is -2.27. The summed E-state index contributed by atoms with van der Waals surface area (Å²) in [6.45, 7) is 0.490. The van der Waals surface area contributed by atoms with Crippen LogP contribution >= 0.6 is 12.2 Å². The molecule has 0 aliphatic heterocycles. The van der Waals surface area contributed by atoms with Gasteiger partial charge in [-0.3, -0.25) is 9.78 Å². The number of carbonyl (C=O) groups excluding carboxylic acids is 1. The van der Waals surface area contributed by atoms with Gasteiger partial charge in [-0.25, -0.2) is 0 Å². The molecule has 0 radical (unpaired) electrons. The van der Waals surface area contributed by atoms with E-state index in [9.17, 15) is 4.79 Å². The zero-order valence-electron chi connectivity index (χ0n) is 11.1. The maximum absolute atomic E-state index is 12.2. The largest absolute Gasteiger partial charge is 0.389 e. The SMILES string of the molecule is CN(Cc1cccc(C(N)=S)c1)C(=O)c1cccnc1. The van der Waals surface area contributed by atoms with Crippen molar-refractivity contribution in [3.63, 3.8) is 0 Å². The Labute approximate surface area is 123 Å². The molecule has 0 aliphatic rings. The van der Waals surface area contributed by atoms with Crippen LogP contribution in [-0.2, 0) is 6.54 Å². The van der Waals surface area contributed by atoms with Crippen molar-refractivity contribution < 1.29 is 4.79 Å². The second-order valence-corrected chi connectivity index (χ2v) is 4.91. The lowest BCUT2D eigenvalue weighted by molar-refractivity contribution is 0.0784. The Balaban J connectivity index is 2.12. The fourth-order valence-corrected chi connectivity index (χ4v) is 2.01. The summed E-state index contributed by atoms with van der Waals surface area (Å²) in [5.41, 5.74) is 7.96. The minimum absolute atomic E-state index is 0.0705. The Morgan fingerprint density at radius 2 is 2.05 bits per heavy atom. The summed E-state index contributed by atoms with van der Waals surface area (Å²) in [6.07, 6.45) is 3.20. The highest BCUT2D eigenvalue weighted by atomic mass is 32.1. The number of thiocarbonyl (C=S) groups is 1. The molecule has 0 fully saturated rings. The molecule has 2 N–H and O–H groups in total. The molecule has 2 aromatic rings. The lowest BCUT2D eigenvalue weighted by atomic mass is 10.1. The van der Waals surface area contributed by atoms with Crippen LogP contribution in [-0.4, -0.2) is 27.8 Å². The molecule has 1 amide bonds. The summed E-state index contributed by atoms with van der Waals surface area (Å²) in [6, 6.07) is 11.1. The van der Waals surface area contributed by atoms with E-state index in [0.717, 1.165) is 11.1 Å². The number of rotatable bonds is 4. The molecule has 0 unspecified atom stereocenters. The van der Waals surface area contributed by atoms with Crippen molar-refractivity contribution in [3.05, 3.63) is 65.5 Å². The molecule has 0 atom stereocenters. The Kier molecular flexibility index (Phi) is 4.42. The molecule has 5 heteroatoms. The van der Waals surface area contributed by atoms with Crippen LogP contribution in [0.3, 0.4) is 0 Å². The van der Waals surface area contributed by atoms with Gasteiger partial charge in [-0.05, 0) is 23.8 Å². The van der Waals surface area contributed by atoms with Crippen molar-refractivity contribution in [3.8, 4) is 0 Å². The lowest BCUT2D eigenvalue weighted by Crippen LogP contribution is -2.26. The topological polar surface area (TPSA) is 59.2 Å². The Morgan fingerprint density at radius 1 is 1.30 bits per heavy atom. The summed E-state index contributed by atoms with van der Waals surface area (Å²) in [4.78, 5) is 18.1. The molecule has 0 saturated carbocycles. The van der Waals surface area contributed by atoms with E-state index in [1.165, 1.54) is 0 Å². The number of amides is 1. The van der Waals surface area contributed by atoms with E-state index in [1.54, 1.807) is 36.5 Å². The van der Waals surface area contributed by atoms with Crippen LogP contribution in [0.4, 0.5) is 0 Å². The first-order valence-corrected chi connectivity index (χ1v) is 6.53. The van der Waals surface area contributed by atoms with Gasteiger partial charge in [0.2, 0.25) is 0 Å². The predicted octanol–water partition coefficient (Wildman–Crippen LogP) is 1.99. The molecule has 2 rings (SSSR count). The number of nitrogens with two attached hydrogens (primary N) is 1. The maximum atomic E-state index is 12.2. The van der Waals surface area contributed by atoms with Crippen molar-refractivity contribution in [2.24, 2.45) is 5.73 Å². The molecule has 0 bridgehead atoms. The molecule has 1 aromatic carbocycles. The summed E-state index contributed by atoms with van der Waals surface area (Å²) < 4.78 is 0. The molecule has 0 aliphatic carbocycles. The molecule has 0 saturated heterocycles. The van der Waals surface area contributed by atoms with E-state index in [0.29, 0.717) is 17.1 Å². The van der Waals surface area contributed by atoms with Gasteiger partial charge in [0.1, 0.15) is 4.99 Å². The number of carbonyl (C=O) groups is 1. The van der Waals surface area contributed by atoms with Gasteiger partial charge in [0.05, 0.1) is 5.56 Å². The number of benzene rings is 1. The summed E-state index contributed by atoms with van der Waals surface area (Å²) in [5.74, 6) is -0.0705. The quantitative estimate of drug-likeness (QED) is 0.873. The normalized spacial score (nSPS) is 10.1. The van der Waals surface area contributed by atoms with Crippen LogP contribution in [0.15, 0.2) is 48.8 Å². The van der Waals surface area contributed by atoms with Gasteiger partial charge in [0.15, 0.2) is 0 Å². The monoisotopic (exact) mass is 285 g/mol. The number of hydrogen-bond donors (Lipinski definition) is 1. The minimum atomic E-state index is -0.0705. The van der Waals surface area contributed by atoms with Gasteiger partial charge in [0.25, 0.3) is 5.91 Å². The average Bonchev–Trinajstić information content (AvgIpc) is 2.47. The third kappa shape index (κ3) is 3.39. The maximum Gasteiger partial charge on any atom is 0.255 e. The van der Waals surface area contributed by atoms with Crippen LogP contribution in [0.1, 0.15) is 21.5 Å². The van der Waals surface area contributed by atoms with Crippen LogP contribution < -0.4 is 5.73 Å². The molecule has 20 heavy (non-hydrogen) atoms. The van der Waals surface area contributed by atoms with Gasteiger partial charge in [0, 0.05) is 31.5 Å². The highest BCUT2D eigenvalue weighted by Crippen LogP contribution is 2.10. The van der Waals surface area contributed by atoms with Crippen LogP contribution in [0, 0.1) is 0 Å². The number of nitrogens with zero attached hydrogens (tertiary/aromatic N) is 2. The number of aromatic nitrogens is 1. The molecule has 102 valence electrons. The molecule has 1 heterocycles. The first-order chi connectivity index (χ1) is 9.58. The van der Waals surface area contributed by atoms with Gasteiger partial charge in [-0.2, -0.15) is 0 Å². The average molecular weight is 285 g/mol. The first kappa shape index (κ1) is 14.1. The van der Waals surface area contributed by atoms with Gasteiger partial charge in [-0.1, -0.05) is 30.4 Å². The zero-order valence-corrected chi connectivity index (χ0v) is 11.9. The van der Waals surface area contributed by atoms with Crippen molar-refractivity contribution in [2.75, 3.05) is 7.05 Å². The van der Waals surface area contributed by atoms with E-state index in [-0.39, 0.29) is 5.91 Å². The standard InChI is InChI=1S/C15H15N3OS/c1-18(15(19)13-6-3-7-17-9-13)10-11-4-2-5-12(8-11)14(16)20/h2-9H,10H2,1H3,(H2,16,20). The van der Waals surface area contributed by atoms with Crippen LogP contribution in [0.2, 0.25) is 0 Å². The predicted molar refractivity (Wildman–Crippen MR) is 82.4 cm³/mol. The molecular formula is C15H15N3OS. The highest BCUT2D eigenvalue weighted by molar-refractivity contribution is 7.80. The van der Waals surface area contributed by atoms with E-state index >= 15 is 0 Å². The minimum Gasteiger partial charge on any atom is -0.389 e. The third-order valence-corrected chi connectivity index (χ3v) is 3.12. The summed E-state index contributed by atoms with van der Waals surface area (Å²) >= 11 is 4.95. The van der Waals surface area contributed by atoms with Gasteiger partial charge < -0.3 is 10.6 Å².